The first kappa shape index (κ1) is 11.7. The molecule has 1 aromatic rings. The number of methoxy groups -OCH3 is 2. The number of benzene rings is 1. The summed E-state index contributed by atoms with van der Waals surface area (Å²) in [6.45, 7) is 0.721. The molecule has 0 spiro atoms. The molecule has 3 nitrogen and oxygen atoms in total. The Morgan fingerprint density at radius 2 is 2.25 bits per heavy atom. The molecule has 0 N–H and O–H groups in total. The van der Waals surface area contributed by atoms with Crippen molar-refractivity contribution >= 4 is 15.9 Å². The molecule has 1 unspecified atom stereocenters. The van der Waals surface area contributed by atoms with Crippen molar-refractivity contribution in [2.75, 3.05) is 20.8 Å². The minimum absolute atomic E-state index is 0.197. The third-order valence-corrected chi connectivity index (χ3v) is 3.49. The number of hydrogen-bond acceptors (Lipinski definition) is 3. The third kappa shape index (κ3) is 2.18. The van der Waals surface area contributed by atoms with E-state index in [4.69, 9.17) is 14.2 Å². The van der Waals surface area contributed by atoms with Crippen molar-refractivity contribution in [1.82, 2.24) is 0 Å². The average Bonchev–Trinajstić information content (AvgIpc) is 2.72. The Kier molecular flexibility index (Phi) is 3.71. The maximum atomic E-state index is 5.88. The Bertz CT molecular complexity index is 379. The molecule has 16 heavy (non-hydrogen) atoms. The highest BCUT2D eigenvalue weighted by Crippen LogP contribution is 2.42. The van der Waals surface area contributed by atoms with Crippen LogP contribution in [0.5, 0.6) is 11.5 Å². The summed E-state index contributed by atoms with van der Waals surface area (Å²) in [5.74, 6) is 1.68. The average molecular weight is 287 g/mol. The maximum absolute atomic E-state index is 5.88. The first-order valence-corrected chi connectivity index (χ1v) is 6.06. The van der Waals surface area contributed by atoms with Crippen LogP contribution in [0.25, 0.3) is 0 Å². The fourth-order valence-corrected chi connectivity index (χ4v) is 2.38. The van der Waals surface area contributed by atoms with Crippen molar-refractivity contribution in [3.63, 3.8) is 0 Å². The van der Waals surface area contributed by atoms with E-state index in [0.717, 1.165) is 35.4 Å². The number of hydrogen-bond donors (Lipinski definition) is 0. The molecule has 0 saturated heterocycles. The van der Waals surface area contributed by atoms with Crippen LogP contribution in [0.4, 0.5) is 0 Å². The molecule has 0 bridgehead atoms. The van der Waals surface area contributed by atoms with Gasteiger partial charge in [0.05, 0.1) is 7.11 Å². The van der Waals surface area contributed by atoms with Crippen LogP contribution in [-0.2, 0) is 11.2 Å². The molecule has 2 rings (SSSR count). The van der Waals surface area contributed by atoms with Gasteiger partial charge in [-0.2, -0.15) is 0 Å². The van der Waals surface area contributed by atoms with Gasteiger partial charge >= 0.3 is 0 Å². The first-order valence-electron chi connectivity index (χ1n) is 5.27. The lowest BCUT2D eigenvalue weighted by Gasteiger charge is -2.11. The number of ether oxygens (including phenoxy) is 3. The van der Waals surface area contributed by atoms with Crippen molar-refractivity contribution in [3.8, 4) is 11.5 Å². The third-order valence-electron chi connectivity index (χ3n) is 2.75. The van der Waals surface area contributed by atoms with Gasteiger partial charge in [-0.15, -0.1) is 0 Å². The molecule has 1 aliphatic heterocycles. The molecule has 0 aliphatic carbocycles. The highest BCUT2D eigenvalue weighted by Gasteiger charge is 2.27. The second-order valence-electron chi connectivity index (χ2n) is 3.78. The van der Waals surface area contributed by atoms with Crippen LogP contribution in [0, 0.1) is 0 Å². The van der Waals surface area contributed by atoms with Gasteiger partial charge in [0, 0.05) is 36.6 Å². The fraction of sp³-hybridized carbons (Fsp3) is 0.500. The lowest BCUT2D eigenvalue weighted by atomic mass is 10.1. The molecule has 0 saturated carbocycles. The molecule has 1 atom stereocenters. The van der Waals surface area contributed by atoms with Gasteiger partial charge in [-0.05, 0) is 12.1 Å². The fourth-order valence-electron chi connectivity index (χ4n) is 1.91. The quantitative estimate of drug-likeness (QED) is 0.852. The zero-order valence-corrected chi connectivity index (χ0v) is 11.0. The normalized spacial score (nSPS) is 18.1. The predicted molar refractivity (Wildman–Crippen MR) is 65.3 cm³/mol. The smallest absolute Gasteiger partial charge is 0.166 e. The highest BCUT2D eigenvalue weighted by molar-refractivity contribution is 9.10. The van der Waals surface area contributed by atoms with E-state index in [-0.39, 0.29) is 6.10 Å². The zero-order chi connectivity index (χ0) is 11.5. The largest absolute Gasteiger partial charge is 0.493 e. The van der Waals surface area contributed by atoms with E-state index < -0.39 is 0 Å². The molecule has 88 valence electrons. The monoisotopic (exact) mass is 286 g/mol. The van der Waals surface area contributed by atoms with E-state index in [9.17, 15) is 0 Å². The molecular weight excluding hydrogens is 272 g/mol. The number of rotatable bonds is 4. The SMILES string of the molecule is COCCC1Cc2c(Br)ccc(OC)c2O1. The summed E-state index contributed by atoms with van der Waals surface area (Å²) in [4.78, 5) is 0. The van der Waals surface area contributed by atoms with Crippen molar-refractivity contribution < 1.29 is 14.2 Å². The molecule has 0 amide bonds. The van der Waals surface area contributed by atoms with Gasteiger partial charge < -0.3 is 14.2 Å². The Balaban J connectivity index is 2.18. The predicted octanol–water partition coefficient (Wildman–Crippen LogP) is 2.80. The number of fused-ring (bicyclic) bond motifs is 1. The van der Waals surface area contributed by atoms with Crippen LogP contribution in [-0.4, -0.2) is 26.9 Å². The second-order valence-corrected chi connectivity index (χ2v) is 4.64. The molecule has 1 aliphatic rings. The van der Waals surface area contributed by atoms with Crippen LogP contribution >= 0.6 is 15.9 Å². The molecule has 0 aromatic heterocycles. The van der Waals surface area contributed by atoms with Crippen molar-refractivity contribution in [2.24, 2.45) is 0 Å². The Morgan fingerprint density at radius 3 is 2.94 bits per heavy atom. The minimum atomic E-state index is 0.197. The Labute approximate surface area is 104 Å². The van der Waals surface area contributed by atoms with E-state index in [2.05, 4.69) is 15.9 Å². The lowest BCUT2D eigenvalue weighted by Crippen LogP contribution is -2.15. The van der Waals surface area contributed by atoms with E-state index in [1.54, 1.807) is 14.2 Å². The van der Waals surface area contributed by atoms with E-state index in [0.29, 0.717) is 0 Å². The summed E-state index contributed by atoms with van der Waals surface area (Å²) in [7, 11) is 3.37. The van der Waals surface area contributed by atoms with Gasteiger partial charge in [0.2, 0.25) is 0 Å². The summed E-state index contributed by atoms with van der Waals surface area (Å²) >= 11 is 3.54. The van der Waals surface area contributed by atoms with E-state index in [1.165, 1.54) is 5.56 Å². The van der Waals surface area contributed by atoms with Crippen LogP contribution in [0.15, 0.2) is 16.6 Å². The lowest BCUT2D eigenvalue weighted by molar-refractivity contribution is 0.136. The summed E-state index contributed by atoms with van der Waals surface area (Å²) < 4.78 is 17.3. The van der Waals surface area contributed by atoms with Crippen LogP contribution in [0.1, 0.15) is 12.0 Å². The van der Waals surface area contributed by atoms with E-state index in [1.807, 2.05) is 12.1 Å². The van der Waals surface area contributed by atoms with Crippen molar-refractivity contribution in [1.29, 1.82) is 0 Å². The molecule has 4 heteroatoms. The molecule has 1 heterocycles. The maximum Gasteiger partial charge on any atom is 0.166 e. The summed E-state index contributed by atoms with van der Waals surface area (Å²) in [5.41, 5.74) is 1.19. The summed E-state index contributed by atoms with van der Waals surface area (Å²) in [6, 6.07) is 3.92. The van der Waals surface area contributed by atoms with Crippen LogP contribution in [0.3, 0.4) is 0 Å². The van der Waals surface area contributed by atoms with Crippen LogP contribution in [0.2, 0.25) is 0 Å². The molecule has 0 radical (unpaired) electrons. The summed E-state index contributed by atoms with van der Waals surface area (Å²) in [6.07, 6.45) is 2.01. The number of halogens is 1. The molecule has 1 aromatic carbocycles. The van der Waals surface area contributed by atoms with E-state index >= 15 is 0 Å². The van der Waals surface area contributed by atoms with Crippen LogP contribution < -0.4 is 9.47 Å². The van der Waals surface area contributed by atoms with Gasteiger partial charge in [-0.25, -0.2) is 0 Å². The minimum Gasteiger partial charge on any atom is -0.493 e. The van der Waals surface area contributed by atoms with Crippen molar-refractivity contribution in [3.05, 3.63) is 22.2 Å². The Hall–Kier alpha value is -0.740. The molecular formula is C12H15BrO3. The Morgan fingerprint density at radius 1 is 1.44 bits per heavy atom. The zero-order valence-electron chi connectivity index (χ0n) is 9.46. The first-order chi connectivity index (χ1) is 7.76. The van der Waals surface area contributed by atoms with Gasteiger partial charge in [-0.1, -0.05) is 15.9 Å². The second kappa shape index (κ2) is 5.06. The highest BCUT2D eigenvalue weighted by atomic mass is 79.9. The molecule has 0 fully saturated rings. The topological polar surface area (TPSA) is 27.7 Å². The standard InChI is InChI=1S/C12H15BrO3/c1-14-6-5-8-7-9-10(13)3-4-11(15-2)12(9)16-8/h3-4,8H,5-7H2,1-2H3. The summed E-state index contributed by atoms with van der Waals surface area (Å²) in [5, 5.41) is 0. The van der Waals surface area contributed by atoms with Crippen molar-refractivity contribution in [2.45, 2.75) is 18.9 Å². The van der Waals surface area contributed by atoms with Gasteiger partial charge in [0.1, 0.15) is 6.10 Å². The van der Waals surface area contributed by atoms with Gasteiger partial charge in [-0.3, -0.25) is 0 Å². The van der Waals surface area contributed by atoms with Gasteiger partial charge in [0.15, 0.2) is 11.5 Å². The van der Waals surface area contributed by atoms with Gasteiger partial charge in [0.25, 0.3) is 0 Å².